The number of carbonyl (C=O) groups is 2. The van der Waals surface area contributed by atoms with Crippen molar-refractivity contribution >= 4 is 17.8 Å². The Labute approximate surface area is 176 Å². The monoisotopic (exact) mass is 448 g/mol. The zero-order chi connectivity index (χ0) is 22.6. The molecule has 3 aliphatic rings. The van der Waals surface area contributed by atoms with Gasteiger partial charge in [-0.3, -0.25) is 0 Å². The van der Waals surface area contributed by atoms with Crippen molar-refractivity contribution in [2.75, 3.05) is 37.7 Å². The van der Waals surface area contributed by atoms with Crippen LogP contribution < -0.4 is 10.2 Å². The first kappa shape index (κ1) is 23.0. The van der Waals surface area contributed by atoms with E-state index in [0.29, 0.717) is 38.1 Å². The summed E-state index contributed by atoms with van der Waals surface area (Å²) in [5, 5.41) is 10.2. The second-order valence-electron chi connectivity index (χ2n) is 7.81. The largest absolute Gasteiger partial charge is 0.490 e. The van der Waals surface area contributed by atoms with Gasteiger partial charge in [-0.25, -0.2) is 19.0 Å². The number of pyridine rings is 1. The molecule has 1 spiro atoms. The minimum Gasteiger partial charge on any atom is -0.475 e. The fraction of sp³-hybridized carbons (Fsp3) is 0.632. The number of carbonyl (C=O) groups excluding carboxylic acids is 1. The van der Waals surface area contributed by atoms with E-state index >= 15 is 0 Å². The summed E-state index contributed by atoms with van der Waals surface area (Å²) >= 11 is 0. The van der Waals surface area contributed by atoms with Crippen LogP contribution in [0.4, 0.5) is 28.2 Å². The molecule has 1 aliphatic carbocycles. The van der Waals surface area contributed by atoms with E-state index in [-0.39, 0.29) is 11.8 Å². The zero-order valence-corrected chi connectivity index (χ0v) is 16.7. The second kappa shape index (κ2) is 9.25. The Balaban J connectivity index is 0.000000339. The molecule has 4 rings (SSSR count). The highest BCUT2D eigenvalue weighted by Gasteiger charge is 2.43. The normalized spacial score (nSPS) is 23.7. The SMILES string of the molecule is O=C(NC1CC1)N1CCOC2(CCCN(c3ncccc3F)C2)C1.O=C(O)C(F)(F)F. The molecule has 0 bridgehead atoms. The number of halogens is 4. The van der Waals surface area contributed by atoms with Crippen LogP contribution in [0.1, 0.15) is 25.7 Å². The Morgan fingerprint density at radius 1 is 1.26 bits per heavy atom. The molecule has 2 aliphatic heterocycles. The number of ether oxygens (including phenoxy) is 1. The number of anilines is 1. The number of nitrogens with zero attached hydrogens (tertiary/aromatic N) is 3. The first-order chi connectivity index (χ1) is 14.6. The third-order valence-corrected chi connectivity index (χ3v) is 5.26. The number of hydrogen-bond donors (Lipinski definition) is 2. The molecule has 31 heavy (non-hydrogen) atoms. The average molecular weight is 448 g/mol. The summed E-state index contributed by atoms with van der Waals surface area (Å²) < 4.78 is 51.9. The van der Waals surface area contributed by atoms with Crippen molar-refractivity contribution in [3.63, 3.8) is 0 Å². The lowest BCUT2D eigenvalue weighted by Crippen LogP contribution is -2.62. The number of nitrogens with one attached hydrogen (secondary N) is 1. The number of alkyl halides is 3. The van der Waals surface area contributed by atoms with Crippen LogP contribution in [-0.2, 0) is 9.53 Å². The van der Waals surface area contributed by atoms with Crippen molar-refractivity contribution in [1.82, 2.24) is 15.2 Å². The molecular weight excluding hydrogens is 424 g/mol. The Morgan fingerprint density at radius 2 is 1.97 bits per heavy atom. The van der Waals surface area contributed by atoms with Crippen LogP contribution in [0.15, 0.2) is 18.3 Å². The van der Waals surface area contributed by atoms with Gasteiger partial charge in [0.15, 0.2) is 11.6 Å². The number of urea groups is 1. The first-order valence-corrected chi connectivity index (χ1v) is 9.95. The van der Waals surface area contributed by atoms with E-state index in [2.05, 4.69) is 10.3 Å². The number of morpholine rings is 1. The fourth-order valence-corrected chi connectivity index (χ4v) is 3.65. The highest BCUT2D eigenvalue weighted by molar-refractivity contribution is 5.75. The number of carboxylic acid groups (broad SMARTS) is 1. The molecule has 12 heteroatoms. The van der Waals surface area contributed by atoms with E-state index in [4.69, 9.17) is 14.6 Å². The van der Waals surface area contributed by atoms with Crippen LogP contribution in [0.2, 0.25) is 0 Å². The summed E-state index contributed by atoms with van der Waals surface area (Å²) in [5.74, 6) is -2.69. The van der Waals surface area contributed by atoms with E-state index in [1.807, 2.05) is 9.80 Å². The number of rotatable bonds is 2. The number of aliphatic carboxylic acids is 1. The van der Waals surface area contributed by atoms with Crippen molar-refractivity contribution in [2.24, 2.45) is 0 Å². The van der Waals surface area contributed by atoms with Crippen molar-refractivity contribution in [1.29, 1.82) is 0 Å². The molecule has 1 atom stereocenters. The smallest absolute Gasteiger partial charge is 0.475 e. The summed E-state index contributed by atoms with van der Waals surface area (Å²) in [7, 11) is 0. The number of hydrogen-bond acceptors (Lipinski definition) is 5. The van der Waals surface area contributed by atoms with Crippen LogP contribution >= 0.6 is 0 Å². The van der Waals surface area contributed by atoms with E-state index in [1.54, 1.807) is 12.3 Å². The van der Waals surface area contributed by atoms with Crippen LogP contribution in [0, 0.1) is 5.82 Å². The lowest BCUT2D eigenvalue weighted by atomic mass is 9.90. The van der Waals surface area contributed by atoms with Gasteiger partial charge in [0.25, 0.3) is 0 Å². The maximum atomic E-state index is 14.1. The summed E-state index contributed by atoms with van der Waals surface area (Å²) in [6.07, 6.45) is 0.456. The Kier molecular flexibility index (Phi) is 6.87. The predicted octanol–water partition coefficient (Wildman–Crippen LogP) is 2.40. The summed E-state index contributed by atoms with van der Waals surface area (Å²) in [4.78, 5) is 29.2. The summed E-state index contributed by atoms with van der Waals surface area (Å²) in [6.45, 7) is 3.01. The van der Waals surface area contributed by atoms with Crippen LogP contribution in [0.25, 0.3) is 0 Å². The quantitative estimate of drug-likeness (QED) is 0.675. The van der Waals surface area contributed by atoms with Gasteiger partial charge in [-0.2, -0.15) is 13.2 Å². The molecule has 0 radical (unpaired) electrons. The van der Waals surface area contributed by atoms with Crippen molar-refractivity contribution in [3.05, 3.63) is 24.1 Å². The Bertz CT molecular complexity index is 801. The molecule has 3 fully saturated rings. The van der Waals surface area contributed by atoms with Gasteiger partial charge < -0.3 is 25.0 Å². The Hall–Kier alpha value is -2.63. The molecule has 1 unspecified atom stereocenters. The standard InChI is InChI=1S/C17H23FN4O2.C2HF3O2/c18-14-3-1-7-19-15(14)21-8-2-6-17(11-21)12-22(9-10-24-17)16(23)20-13-4-5-13;3-2(4,5)1(6)7/h1,3,7,13H,2,4-6,8-12H2,(H,20,23);(H,6,7). The third kappa shape index (κ3) is 6.18. The predicted molar refractivity (Wildman–Crippen MR) is 101 cm³/mol. The molecule has 172 valence electrons. The van der Waals surface area contributed by atoms with Gasteiger partial charge in [0, 0.05) is 25.3 Å². The number of amides is 2. The van der Waals surface area contributed by atoms with Crippen LogP contribution in [0.5, 0.6) is 0 Å². The van der Waals surface area contributed by atoms with E-state index in [9.17, 15) is 22.4 Å². The van der Waals surface area contributed by atoms with Gasteiger partial charge in [0.1, 0.15) is 5.60 Å². The van der Waals surface area contributed by atoms with Crippen LogP contribution in [0.3, 0.4) is 0 Å². The molecule has 1 aromatic heterocycles. The van der Waals surface area contributed by atoms with Gasteiger partial charge in [-0.1, -0.05) is 0 Å². The molecule has 1 aromatic rings. The molecule has 2 saturated heterocycles. The molecular formula is C19H24F4N4O4. The van der Waals surface area contributed by atoms with Gasteiger partial charge in [-0.15, -0.1) is 0 Å². The lowest BCUT2D eigenvalue weighted by Gasteiger charge is -2.48. The van der Waals surface area contributed by atoms with Crippen molar-refractivity contribution in [2.45, 2.75) is 43.5 Å². The number of carboxylic acids is 1. The van der Waals surface area contributed by atoms with E-state index < -0.39 is 17.7 Å². The van der Waals surface area contributed by atoms with Gasteiger partial charge in [0.05, 0.1) is 19.7 Å². The minimum atomic E-state index is -5.08. The van der Waals surface area contributed by atoms with Gasteiger partial charge in [0.2, 0.25) is 0 Å². The third-order valence-electron chi connectivity index (χ3n) is 5.26. The topological polar surface area (TPSA) is 95.0 Å². The lowest BCUT2D eigenvalue weighted by molar-refractivity contribution is -0.192. The minimum absolute atomic E-state index is 0.00122. The molecule has 8 nitrogen and oxygen atoms in total. The summed E-state index contributed by atoms with van der Waals surface area (Å²) in [6, 6.07) is 3.38. The van der Waals surface area contributed by atoms with E-state index in [0.717, 1.165) is 32.2 Å². The maximum absolute atomic E-state index is 14.1. The van der Waals surface area contributed by atoms with Gasteiger partial charge >= 0.3 is 18.2 Å². The van der Waals surface area contributed by atoms with Crippen molar-refractivity contribution < 1.29 is 37.0 Å². The van der Waals surface area contributed by atoms with Crippen molar-refractivity contribution in [3.8, 4) is 0 Å². The van der Waals surface area contributed by atoms with Crippen LogP contribution in [-0.4, -0.2) is 77.6 Å². The van der Waals surface area contributed by atoms with Gasteiger partial charge in [-0.05, 0) is 37.8 Å². The zero-order valence-electron chi connectivity index (χ0n) is 16.7. The maximum Gasteiger partial charge on any atom is 0.490 e. The first-order valence-electron chi connectivity index (χ1n) is 9.95. The molecule has 0 aromatic carbocycles. The summed E-state index contributed by atoms with van der Waals surface area (Å²) in [5.41, 5.74) is -0.429. The van der Waals surface area contributed by atoms with E-state index in [1.165, 1.54) is 6.07 Å². The molecule has 2 N–H and O–H groups in total. The Morgan fingerprint density at radius 3 is 2.58 bits per heavy atom. The number of aromatic nitrogens is 1. The molecule has 3 heterocycles. The molecule has 2 amide bonds. The average Bonchev–Trinajstić information content (AvgIpc) is 3.52. The second-order valence-corrected chi connectivity index (χ2v) is 7.81. The number of piperidine rings is 1. The highest BCUT2D eigenvalue weighted by atomic mass is 19.4. The highest BCUT2D eigenvalue weighted by Crippen LogP contribution is 2.32. The fourth-order valence-electron chi connectivity index (χ4n) is 3.65. The molecule has 1 saturated carbocycles.